The molecule has 3 rings (SSSR count). The van der Waals surface area contributed by atoms with Gasteiger partial charge in [0.25, 0.3) is 0 Å². The van der Waals surface area contributed by atoms with Crippen molar-refractivity contribution in [1.82, 2.24) is 9.78 Å². The van der Waals surface area contributed by atoms with E-state index < -0.39 is 5.97 Å². The Morgan fingerprint density at radius 3 is 2.72 bits per heavy atom. The number of aromatic nitrogens is 2. The van der Waals surface area contributed by atoms with E-state index in [0.29, 0.717) is 11.6 Å². The van der Waals surface area contributed by atoms with Gasteiger partial charge in [-0.1, -0.05) is 6.07 Å². The van der Waals surface area contributed by atoms with Crippen molar-refractivity contribution < 1.29 is 15.0 Å². The van der Waals surface area contributed by atoms with E-state index >= 15 is 0 Å². The summed E-state index contributed by atoms with van der Waals surface area (Å²) < 4.78 is 1.61. The van der Waals surface area contributed by atoms with Gasteiger partial charge < -0.3 is 10.2 Å². The van der Waals surface area contributed by atoms with E-state index in [9.17, 15) is 9.90 Å². The van der Waals surface area contributed by atoms with Crippen molar-refractivity contribution in [3.63, 3.8) is 0 Å². The fourth-order valence-corrected chi connectivity index (χ4v) is 2.00. The summed E-state index contributed by atoms with van der Waals surface area (Å²) in [6.07, 6.45) is 2.12. The summed E-state index contributed by atoms with van der Waals surface area (Å²) in [5.41, 5.74) is 1.63. The molecule has 2 aromatic rings. The molecular weight excluding hydrogens is 232 g/mol. The molecule has 1 aromatic heterocycles. The maximum absolute atomic E-state index is 11.0. The number of carbonyl (C=O) groups is 1. The SMILES string of the molecule is O=C(O)c1cc(C2CC2)n(-c2cccc(O)c2)n1. The number of phenols is 1. The zero-order chi connectivity index (χ0) is 12.7. The Hall–Kier alpha value is -2.30. The summed E-state index contributed by atoms with van der Waals surface area (Å²) in [5.74, 6) is -0.509. The fourth-order valence-electron chi connectivity index (χ4n) is 2.00. The van der Waals surface area contributed by atoms with Gasteiger partial charge in [0.2, 0.25) is 0 Å². The molecule has 0 spiro atoms. The van der Waals surface area contributed by atoms with Gasteiger partial charge in [-0.2, -0.15) is 5.10 Å². The molecule has 0 atom stereocenters. The summed E-state index contributed by atoms with van der Waals surface area (Å²) in [7, 11) is 0. The molecule has 5 nitrogen and oxygen atoms in total. The molecule has 0 radical (unpaired) electrons. The van der Waals surface area contributed by atoms with Gasteiger partial charge in [0.15, 0.2) is 5.69 Å². The molecule has 92 valence electrons. The number of rotatable bonds is 3. The van der Waals surface area contributed by atoms with Gasteiger partial charge >= 0.3 is 5.97 Å². The van der Waals surface area contributed by atoms with Crippen LogP contribution < -0.4 is 0 Å². The normalized spacial score (nSPS) is 14.7. The smallest absolute Gasteiger partial charge is 0.356 e. The Balaban J connectivity index is 2.12. The van der Waals surface area contributed by atoms with Crippen molar-refractivity contribution in [2.75, 3.05) is 0 Å². The van der Waals surface area contributed by atoms with Crippen molar-refractivity contribution in [2.24, 2.45) is 0 Å². The van der Waals surface area contributed by atoms with Gasteiger partial charge in [-0.05, 0) is 31.0 Å². The molecule has 2 N–H and O–H groups in total. The monoisotopic (exact) mass is 244 g/mol. The Morgan fingerprint density at radius 1 is 1.33 bits per heavy atom. The highest BCUT2D eigenvalue weighted by atomic mass is 16.4. The van der Waals surface area contributed by atoms with E-state index in [-0.39, 0.29) is 11.4 Å². The molecule has 5 heteroatoms. The average molecular weight is 244 g/mol. The summed E-state index contributed by atoms with van der Waals surface area (Å²) >= 11 is 0. The van der Waals surface area contributed by atoms with Crippen LogP contribution in [0.15, 0.2) is 30.3 Å². The minimum absolute atomic E-state index is 0.0419. The number of benzene rings is 1. The first kappa shape index (κ1) is 10.8. The van der Waals surface area contributed by atoms with Crippen molar-refractivity contribution in [2.45, 2.75) is 18.8 Å². The number of aromatic hydroxyl groups is 1. The summed E-state index contributed by atoms with van der Waals surface area (Å²) in [5, 5.41) is 22.6. The molecule has 1 saturated carbocycles. The van der Waals surface area contributed by atoms with Crippen molar-refractivity contribution in [3.8, 4) is 11.4 Å². The summed E-state index contributed by atoms with van der Waals surface area (Å²) in [6, 6.07) is 8.27. The molecule has 1 aromatic carbocycles. The maximum atomic E-state index is 11.0. The highest BCUT2D eigenvalue weighted by Gasteiger charge is 2.29. The van der Waals surface area contributed by atoms with Gasteiger partial charge in [0.1, 0.15) is 5.75 Å². The maximum Gasteiger partial charge on any atom is 0.356 e. The van der Waals surface area contributed by atoms with E-state index in [2.05, 4.69) is 5.10 Å². The molecule has 0 amide bonds. The lowest BCUT2D eigenvalue weighted by atomic mass is 10.2. The highest BCUT2D eigenvalue weighted by Crippen LogP contribution is 2.41. The Bertz CT molecular complexity index is 614. The van der Waals surface area contributed by atoms with Crippen LogP contribution >= 0.6 is 0 Å². The predicted molar refractivity (Wildman–Crippen MR) is 64.2 cm³/mol. The molecule has 18 heavy (non-hydrogen) atoms. The fraction of sp³-hybridized carbons (Fsp3) is 0.231. The molecule has 0 unspecified atom stereocenters. The number of hydrogen-bond donors (Lipinski definition) is 2. The topological polar surface area (TPSA) is 75.3 Å². The molecule has 1 aliphatic rings. The van der Waals surface area contributed by atoms with Crippen LogP contribution in [0.25, 0.3) is 5.69 Å². The van der Waals surface area contributed by atoms with E-state index in [1.165, 1.54) is 0 Å². The van der Waals surface area contributed by atoms with Crippen molar-refractivity contribution in [3.05, 3.63) is 41.7 Å². The molecule has 0 saturated heterocycles. The number of nitrogens with zero attached hydrogens (tertiary/aromatic N) is 2. The second-order valence-corrected chi connectivity index (χ2v) is 4.47. The first-order chi connectivity index (χ1) is 8.65. The highest BCUT2D eigenvalue weighted by molar-refractivity contribution is 5.85. The van der Waals surface area contributed by atoms with Gasteiger partial charge in [0, 0.05) is 17.7 Å². The molecule has 1 heterocycles. The largest absolute Gasteiger partial charge is 0.508 e. The Morgan fingerprint density at radius 2 is 2.11 bits per heavy atom. The molecule has 0 bridgehead atoms. The van der Waals surface area contributed by atoms with Crippen LogP contribution in [0.5, 0.6) is 5.75 Å². The van der Waals surface area contributed by atoms with Crippen LogP contribution in [-0.4, -0.2) is 26.0 Å². The van der Waals surface area contributed by atoms with Gasteiger partial charge in [-0.15, -0.1) is 0 Å². The van der Waals surface area contributed by atoms with E-state index in [0.717, 1.165) is 18.5 Å². The first-order valence-electron chi connectivity index (χ1n) is 5.78. The van der Waals surface area contributed by atoms with Crippen LogP contribution in [0.1, 0.15) is 34.9 Å². The molecule has 1 fully saturated rings. The zero-order valence-corrected chi connectivity index (χ0v) is 9.58. The van der Waals surface area contributed by atoms with Crippen LogP contribution in [0.2, 0.25) is 0 Å². The minimum Gasteiger partial charge on any atom is -0.508 e. The van der Waals surface area contributed by atoms with E-state index in [4.69, 9.17) is 5.11 Å². The average Bonchev–Trinajstić information content (AvgIpc) is 3.07. The van der Waals surface area contributed by atoms with E-state index in [1.54, 1.807) is 35.0 Å². The lowest BCUT2D eigenvalue weighted by Gasteiger charge is -2.06. The Labute approximate surface area is 103 Å². The number of phenolic OH excluding ortho intramolecular Hbond substituents is 1. The zero-order valence-electron chi connectivity index (χ0n) is 9.58. The van der Waals surface area contributed by atoms with Crippen LogP contribution in [-0.2, 0) is 0 Å². The first-order valence-corrected chi connectivity index (χ1v) is 5.78. The van der Waals surface area contributed by atoms with Crippen molar-refractivity contribution in [1.29, 1.82) is 0 Å². The third kappa shape index (κ3) is 1.84. The summed E-state index contributed by atoms with van der Waals surface area (Å²) in [6.45, 7) is 0. The lowest BCUT2D eigenvalue weighted by molar-refractivity contribution is 0.0690. The predicted octanol–water partition coefficient (Wildman–Crippen LogP) is 2.15. The molecular formula is C13H12N2O3. The molecule has 0 aliphatic heterocycles. The lowest BCUT2D eigenvalue weighted by Crippen LogP contribution is -2.03. The van der Waals surface area contributed by atoms with E-state index in [1.807, 2.05) is 0 Å². The quantitative estimate of drug-likeness (QED) is 0.867. The molecule has 1 aliphatic carbocycles. The number of carboxylic acid groups (broad SMARTS) is 1. The second kappa shape index (κ2) is 3.87. The van der Waals surface area contributed by atoms with Gasteiger partial charge in [0.05, 0.1) is 5.69 Å². The third-order valence-corrected chi connectivity index (χ3v) is 3.03. The van der Waals surface area contributed by atoms with Gasteiger partial charge in [-0.3, -0.25) is 0 Å². The van der Waals surface area contributed by atoms with Crippen LogP contribution in [0.4, 0.5) is 0 Å². The minimum atomic E-state index is -1.03. The Kier molecular flexibility index (Phi) is 2.33. The number of carboxylic acids is 1. The third-order valence-electron chi connectivity index (χ3n) is 3.03. The number of aromatic carboxylic acids is 1. The van der Waals surface area contributed by atoms with Gasteiger partial charge in [-0.25, -0.2) is 9.48 Å². The van der Waals surface area contributed by atoms with Crippen molar-refractivity contribution >= 4 is 5.97 Å². The summed E-state index contributed by atoms with van der Waals surface area (Å²) in [4.78, 5) is 11.0. The number of hydrogen-bond acceptors (Lipinski definition) is 3. The van der Waals surface area contributed by atoms with Crippen LogP contribution in [0, 0.1) is 0 Å². The standard InChI is InChI=1S/C13H12N2O3/c16-10-3-1-2-9(6-10)15-12(8-4-5-8)7-11(14-15)13(17)18/h1-3,6-8,16H,4-5H2,(H,17,18). The second-order valence-electron chi connectivity index (χ2n) is 4.47. The van der Waals surface area contributed by atoms with Crippen LogP contribution in [0.3, 0.4) is 0 Å².